The molecule has 0 atom stereocenters. The lowest BCUT2D eigenvalue weighted by Crippen LogP contribution is -2.51. The average Bonchev–Trinajstić information content (AvgIpc) is 3.81. The molecule has 1 aromatic carbocycles. The van der Waals surface area contributed by atoms with Crippen LogP contribution in [0.2, 0.25) is 5.02 Å². The number of sulfonamides is 1. The second-order valence-corrected chi connectivity index (χ2v) is 15.2. The molecule has 1 fully saturated rings. The van der Waals surface area contributed by atoms with E-state index in [0.717, 1.165) is 22.9 Å². The number of carbonyl (C=O) groups is 2. The van der Waals surface area contributed by atoms with E-state index in [-0.39, 0.29) is 91.7 Å². The summed E-state index contributed by atoms with van der Waals surface area (Å²) < 4.78 is 67.8. The molecule has 16 nitrogen and oxygen atoms in total. The minimum atomic E-state index is -4.63. The molecule has 0 spiro atoms. The highest BCUT2D eigenvalue weighted by molar-refractivity contribution is 7.88. The summed E-state index contributed by atoms with van der Waals surface area (Å²) in [5.41, 5.74) is 1.09. The van der Waals surface area contributed by atoms with Gasteiger partial charge in [-0.2, -0.15) is 27.0 Å². The lowest BCUT2D eigenvalue weighted by Gasteiger charge is -2.36. The smallest absolute Gasteiger partial charge is 0.362 e. The van der Waals surface area contributed by atoms with Crippen LogP contribution in [0.4, 0.5) is 24.5 Å². The molecule has 0 unspecified atom stereocenters. The summed E-state index contributed by atoms with van der Waals surface area (Å²) >= 11 is 6.13. The maximum Gasteiger partial charge on any atom is 0.416 e. The number of rotatable bonds is 8. The number of anilines is 2. The molecule has 7 rings (SSSR count). The highest BCUT2D eigenvalue weighted by Crippen LogP contribution is 2.34. The molecular formula is C33H33ClF3N11O5S. The first-order valence-electron chi connectivity index (χ1n) is 16.8. The van der Waals surface area contributed by atoms with Crippen LogP contribution < -0.4 is 15.8 Å². The third kappa shape index (κ3) is 7.03. The van der Waals surface area contributed by atoms with Gasteiger partial charge in [-0.1, -0.05) is 24.6 Å². The molecule has 2 aliphatic rings. The van der Waals surface area contributed by atoms with Crippen molar-refractivity contribution in [3.05, 3.63) is 81.0 Å². The molecule has 54 heavy (non-hydrogen) atoms. The number of aromatic nitrogens is 7. The van der Waals surface area contributed by atoms with E-state index < -0.39 is 39.8 Å². The van der Waals surface area contributed by atoms with Crippen LogP contribution in [-0.2, 0) is 34.0 Å². The van der Waals surface area contributed by atoms with Gasteiger partial charge >= 0.3 is 6.18 Å². The van der Waals surface area contributed by atoms with E-state index in [1.165, 1.54) is 15.2 Å². The summed E-state index contributed by atoms with van der Waals surface area (Å²) in [5.74, 6) is -0.759. The topological polar surface area (TPSA) is 184 Å². The Hall–Kier alpha value is -5.34. The van der Waals surface area contributed by atoms with Crippen LogP contribution in [0.5, 0.6) is 0 Å². The number of nitrogens with one attached hydrogen (secondary N) is 2. The highest BCUT2D eigenvalue weighted by Gasteiger charge is 2.33. The number of alkyl halides is 3. The van der Waals surface area contributed by atoms with Gasteiger partial charge in [0, 0.05) is 45.5 Å². The second kappa shape index (κ2) is 14.1. The summed E-state index contributed by atoms with van der Waals surface area (Å²) in [4.78, 5) is 60.9. The fraction of sp³-hybridized carbons (Fsp3) is 0.364. The van der Waals surface area contributed by atoms with E-state index >= 15 is 0 Å². The van der Waals surface area contributed by atoms with Crippen molar-refractivity contribution in [2.45, 2.75) is 32.5 Å². The number of H-pyrrole nitrogens is 1. The summed E-state index contributed by atoms with van der Waals surface area (Å²) in [7, 11) is -3.44. The second-order valence-electron chi connectivity index (χ2n) is 12.8. The zero-order valence-electron chi connectivity index (χ0n) is 28.9. The number of halogens is 4. The summed E-state index contributed by atoms with van der Waals surface area (Å²) in [6.07, 6.45) is 1.68. The first kappa shape index (κ1) is 37.0. The number of aromatic amines is 1. The molecule has 21 heteroatoms. The first-order valence-corrected chi connectivity index (χ1v) is 19.0. The maximum absolute atomic E-state index is 14.3. The lowest BCUT2D eigenvalue weighted by atomic mass is 10.1. The third-order valence-electron chi connectivity index (χ3n) is 9.39. The number of amides is 2. The fourth-order valence-corrected chi connectivity index (χ4v) is 7.66. The average molecular weight is 788 g/mol. The molecule has 0 bridgehead atoms. The van der Waals surface area contributed by atoms with E-state index in [2.05, 4.69) is 30.4 Å². The molecule has 2 amide bonds. The van der Waals surface area contributed by atoms with Gasteiger partial charge in [0.25, 0.3) is 11.5 Å². The standard InChI is InChI=1S/C33H33ClF3N11O5S/c1-3-24-28(44-12-14-45(15-13-44)30(50)27-26-23(6-9-38-26)39-18-40-27)31(51)48-32(42-29(43-48)19-7-10-46(11-8-19)54(2,52)53)47(24)17-25(49)41-22-5-4-20(16-21(22)34)33(35,36)37/h4-7,9,16,18,38H,3,8,10-15,17H2,1-2H3,(H,41,49). The van der Waals surface area contributed by atoms with Crippen LogP contribution >= 0.6 is 11.6 Å². The quantitative estimate of drug-likeness (QED) is 0.237. The zero-order valence-corrected chi connectivity index (χ0v) is 30.5. The van der Waals surface area contributed by atoms with E-state index in [4.69, 9.17) is 11.6 Å². The van der Waals surface area contributed by atoms with Crippen molar-refractivity contribution >= 4 is 67.2 Å². The summed E-state index contributed by atoms with van der Waals surface area (Å²) in [6.45, 7) is 2.62. The minimum absolute atomic E-state index is 0.0308. The van der Waals surface area contributed by atoms with Gasteiger partial charge in [0.2, 0.25) is 21.7 Å². The van der Waals surface area contributed by atoms with Crippen molar-refractivity contribution in [2.75, 3.05) is 55.7 Å². The molecule has 0 aliphatic carbocycles. The van der Waals surface area contributed by atoms with Gasteiger partial charge in [0.1, 0.15) is 18.6 Å². The Balaban J connectivity index is 1.23. The third-order valence-corrected chi connectivity index (χ3v) is 11.0. The normalized spacial score (nSPS) is 15.9. The van der Waals surface area contributed by atoms with Gasteiger partial charge in [-0.05, 0) is 42.7 Å². The van der Waals surface area contributed by atoms with Gasteiger partial charge in [0.15, 0.2) is 11.5 Å². The highest BCUT2D eigenvalue weighted by atomic mass is 35.5. The van der Waals surface area contributed by atoms with Crippen molar-refractivity contribution in [3.8, 4) is 0 Å². The van der Waals surface area contributed by atoms with E-state index in [9.17, 15) is 36.0 Å². The Bertz CT molecular complexity index is 2510. The zero-order chi connectivity index (χ0) is 38.5. The molecule has 6 heterocycles. The predicted molar refractivity (Wildman–Crippen MR) is 193 cm³/mol. The largest absolute Gasteiger partial charge is 0.416 e. The van der Waals surface area contributed by atoms with Crippen LogP contribution in [0.1, 0.15) is 40.9 Å². The molecule has 1 saturated heterocycles. The molecule has 284 valence electrons. The number of carbonyl (C=O) groups excluding carboxylic acids is 2. The van der Waals surface area contributed by atoms with Crippen molar-refractivity contribution in [3.63, 3.8) is 0 Å². The van der Waals surface area contributed by atoms with Crippen molar-refractivity contribution in [2.24, 2.45) is 0 Å². The van der Waals surface area contributed by atoms with Gasteiger partial charge in [-0.25, -0.2) is 18.4 Å². The molecule has 2 aliphatic heterocycles. The van der Waals surface area contributed by atoms with Gasteiger partial charge in [-0.15, -0.1) is 5.10 Å². The van der Waals surface area contributed by atoms with Crippen LogP contribution in [0.3, 0.4) is 0 Å². The van der Waals surface area contributed by atoms with E-state index in [0.29, 0.717) is 28.4 Å². The Morgan fingerprint density at radius 3 is 2.48 bits per heavy atom. The van der Waals surface area contributed by atoms with Crippen molar-refractivity contribution in [1.29, 1.82) is 0 Å². The molecule has 0 radical (unpaired) electrons. The molecule has 0 saturated carbocycles. The number of fused-ring (bicyclic) bond motifs is 2. The molecular weight excluding hydrogens is 755 g/mol. The summed E-state index contributed by atoms with van der Waals surface area (Å²) in [5, 5.41) is 6.77. The molecule has 5 aromatic rings. The number of hydrogen-bond donors (Lipinski definition) is 2. The molecule has 4 aromatic heterocycles. The first-order chi connectivity index (χ1) is 25.6. The predicted octanol–water partition coefficient (Wildman–Crippen LogP) is 3.05. The van der Waals surface area contributed by atoms with Gasteiger partial charge in [0.05, 0.1) is 39.3 Å². The van der Waals surface area contributed by atoms with E-state index in [1.54, 1.807) is 30.2 Å². The lowest BCUT2D eigenvalue weighted by molar-refractivity contribution is -0.137. The van der Waals surface area contributed by atoms with Crippen molar-refractivity contribution in [1.82, 2.24) is 43.3 Å². The van der Waals surface area contributed by atoms with Crippen LogP contribution in [0, 0.1) is 0 Å². The number of benzene rings is 1. The SMILES string of the molecule is CCc1c(N2CCN(C(=O)c3ncnc4cc[nH]c34)CC2)c(=O)n2nc(C3=CCN(S(C)(=O)=O)CC3)nc2n1CC(=O)Nc1ccc(C(F)(F)F)cc1Cl. The minimum Gasteiger partial charge on any atom is -0.362 e. The van der Waals surface area contributed by atoms with Crippen LogP contribution in [0.15, 0.2) is 47.7 Å². The monoisotopic (exact) mass is 787 g/mol. The Morgan fingerprint density at radius 2 is 1.83 bits per heavy atom. The van der Waals surface area contributed by atoms with Crippen LogP contribution in [-0.4, -0.2) is 109 Å². The Kier molecular flexibility index (Phi) is 9.69. The maximum atomic E-state index is 14.3. The number of nitrogens with zero attached hydrogens (tertiary/aromatic N) is 9. The Morgan fingerprint density at radius 1 is 1.07 bits per heavy atom. The number of piperazine rings is 1. The van der Waals surface area contributed by atoms with Gasteiger partial charge in [-0.3, -0.25) is 14.4 Å². The van der Waals surface area contributed by atoms with Gasteiger partial charge < -0.3 is 24.7 Å². The molecule has 2 N–H and O–H groups in total. The van der Waals surface area contributed by atoms with Crippen LogP contribution in [0.25, 0.3) is 22.4 Å². The number of hydrogen-bond acceptors (Lipinski definition) is 10. The Labute approximate surface area is 310 Å². The van der Waals surface area contributed by atoms with Crippen molar-refractivity contribution < 1.29 is 31.2 Å². The fourth-order valence-electron chi connectivity index (χ4n) is 6.66. The van der Waals surface area contributed by atoms with E-state index in [1.807, 2.05) is 4.90 Å². The summed E-state index contributed by atoms with van der Waals surface area (Å²) in [6, 6.07) is 4.32.